The number of anilines is 1. The first kappa shape index (κ1) is 15.4. The summed E-state index contributed by atoms with van der Waals surface area (Å²) in [5.74, 6) is 0.664. The van der Waals surface area contributed by atoms with E-state index in [1.54, 1.807) is 0 Å². The van der Waals surface area contributed by atoms with Crippen LogP contribution in [0.2, 0.25) is 0 Å². The van der Waals surface area contributed by atoms with Crippen LogP contribution >= 0.6 is 22.6 Å². The monoisotopic (exact) mass is 379 g/mol. The van der Waals surface area contributed by atoms with Crippen LogP contribution in [0.15, 0.2) is 48.5 Å². The Hall–Kier alpha value is -1.03. The van der Waals surface area contributed by atoms with E-state index < -0.39 is 0 Å². The van der Waals surface area contributed by atoms with Crippen LogP contribution < -0.4 is 5.32 Å². The zero-order chi connectivity index (χ0) is 14.5. The summed E-state index contributed by atoms with van der Waals surface area (Å²) >= 11 is 2.40. The highest BCUT2D eigenvalue weighted by atomic mass is 127. The molecule has 2 aromatic rings. The number of rotatable bonds is 5. The van der Waals surface area contributed by atoms with Crippen molar-refractivity contribution in [2.75, 3.05) is 5.32 Å². The topological polar surface area (TPSA) is 12.0 Å². The largest absolute Gasteiger partial charge is 0.378 e. The highest BCUT2D eigenvalue weighted by Gasteiger charge is 2.13. The minimum Gasteiger partial charge on any atom is -0.378 e. The minimum atomic E-state index is 0.370. The molecule has 0 fully saturated rings. The standard InChI is InChI=1S/C18H22IN/c1-13(2)11-18(15-7-5-4-6-8-15)20-16-10-9-14(3)17(19)12-16/h4-10,12-13,18,20H,11H2,1-3H3. The molecule has 0 aliphatic heterocycles. The lowest BCUT2D eigenvalue weighted by atomic mass is 9.96. The SMILES string of the molecule is Cc1ccc(NC(CC(C)C)c2ccccc2)cc1I. The van der Waals surface area contributed by atoms with E-state index in [1.807, 2.05) is 0 Å². The van der Waals surface area contributed by atoms with Gasteiger partial charge in [0.2, 0.25) is 0 Å². The zero-order valence-corrected chi connectivity index (χ0v) is 14.5. The summed E-state index contributed by atoms with van der Waals surface area (Å²) in [4.78, 5) is 0. The third kappa shape index (κ3) is 4.23. The van der Waals surface area contributed by atoms with Crippen molar-refractivity contribution in [2.45, 2.75) is 33.2 Å². The van der Waals surface area contributed by atoms with Crippen LogP contribution in [0, 0.1) is 16.4 Å². The van der Waals surface area contributed by atoms with Gasteiger partial charge in [0, 0.05) is 9.26 Å². The van der Waals surface area contributed by atoms with Crippen LogP contribution in [0.4, 0.5) is 5.69 Å². The molecule has 0 bridgehead atoms. The summed E-state index contributed by atoms with van der Waals surface area (Å²) in [6, 6.07) is 17.7. The Morgan fingerprint density at radius 2 is 1.75 bits per heavy atom. The molecule has 20 heavy (non-hydrogen) atoms. The molecule has 0 saturated carbocycles. The molecule has 0 radical (unpaired) electrons. The number of nitrogens with one attached hydrogen (secondary N) is 1. The van der Waals surface area contributed by atoms with Crippen molar-refractivity contribution in [3.63, 3.8) is 0 Å². The van der Waals surface area contributed by atoms with Crippen LogP contribution in [0.1, 0.15) is 37.4 Å². The third-order valence-electron chi connectivity index (χ3n) is 3.42. The first-order chi connectivity index (χ1) is 9.56. The Labute approximate surface area is 135 Å². The molecular weight excluding hydrogens is 357 g/mol. The van der Waals surface area contributed by atoms with Crippen LogP contribution in [0.3, 0.4) is 0 Å². The van der Waals surface area contributed by atoms with Gasteiger partial charge in [-0.1, -0.05) is 50.2 Å². The summed E-state index contributed by atoms with van der Waals surface area (Å²) < 4.78 is 1.31. The van der Waals surface area contributed by atoms with Crippen LogP contribution in [-0.4, -0.2) is 0 Å². The van der Waals surface area contributed by atoms with E-state index in [2.05, 4.69) is 97.2 Å². The van der Waals surface area contributed by atoms with Crippen LogP contribution in [0.25, 0.3) is 0 Å². The lowest BCUT2D eigenvalue weighted by Crippen LogP contribution is -2.13. The van der Waals surface area contributed by atoms with Gasteiger partial charge in [0.05, 0.1) is 6.04 Å². The molecule has 2 aromatic carbocycles. The summed E-state index contributed by atoms with van der Waals surface area (Å²) in [6.07, 6.45) is 1.13. The number of halogens is 1. The van der Waals surface area contributed by atoms with Crippen molar-refractivity contribution >= 4 is 28.3 Å². The molecule has 0 aromatic heterocycles. The fourth-order valence-corrected chi connectivity index (χ4v) is 2.83. The smallest absolute Gasteiger partial charge is 0.0516 e. The van der Waals surface area contributed by atoms with Gasteiger partial charge >= 0.3 is 0 Å². The normalized spacial score (nSPS) is 12.4. The molecule has 0 aliphatic rings. The zero-order valence-electron chi connectivity index (χ0n) is 12.4. The molecule has 1 N–H and O–H groups in total. The second-order valence-corrected chi connectivity index (χ2v) is 6.86. The molecule has 1 unspecified atom stereocenters. The Kier molecular flexibility index (Phi) is 5.46. The Morgan fingerprint density at radius 3 is 2.35 bits per heavy atom. The quantitative estimate of drug-likeness (QED) is 0.648. The maximum Gasteiger partial charge on any atom is 0.0516 e. The van der Waals surface area contributed by atoms with Crippen LogP contribution in [0.5, 0.6) is 0 Å². The van der Waals surface area contributed by atoms with Gasteiger partial charge < -0.3 is 5.32 Å². The second kappa shape index (κ2) is 7.11. The van der Waals surface area contributed by atoms with Gasteiger partial charge in [-0.05, 0) is 65.1 Å². The van der Waals surface area contributed by atoms with E-state index in [4.69, 9.17) is 0 Å². The van der Waals surface area contributed by atoms with E-state index in [0.717, 1.165) is 6.42 Å². The molecule has 0 saturated heterocycles. The van der Waals surface area contributed by atoms with Gasteiger partial charge in [-0.15, -0.1) is 0 Å². The molecule has 0 spiro atoms. The minimum absolute atomic E-state index is 0.370. The van der Waals surface area contributed by atoms with E-state index in [-0.39, 0.29) is 0 Å². The average Bonchev–Trinajstić information content (AvgIpc) is 2.43. The Bertz CT molecular complexity index is 549. The van der Waals surface area contributed by atoms with Gasteiger partial charge in [-0.2, -0.15) is 0 Å². The van der Waals surface area contributed by atoms with Crippen LogP contribution in [-0.2, 0) is 0 Å². The first-order valence-electron chi connectivity index (χ1n) is 7.14. The average molecular weight is 379 g/mol. The van der Waals surface area contributed by atoms with Crippen molar-refractivity contribution in [3.05, 3.63) is 63.2 Å². The fraction of sp³-hybridized carbons (Fsp3) is 0.333. The van der Waals surface area contributed by atoms with E-state index in [0.29, 0.717) is 12.0 Å². The highest BCUT2D eigenvalue weighted by molar-refractivity contribution is 14.1. The summed E-state index contributed by atoms with van der Waals surface area (Å²) in [5.41, 5.74) is 3.89. The Morgan fingerprint density at radius 1 is 1.05 bits per heavy atom. The van der Waals surface area contributed by atoms with Crippen molar-refractivity contribution < 1.29 is 0 Å². The first-order valence-corrected chi connectivity index (χ1v) is 8.21. The maximum absolute atomic E-state index is 3.69. The van der Waals surface area contributed by atoms with Crippen molar-refractivity contribution in [1.29, 1.82) is 0 Å². The van der Waals surface area contributed by atoms with E-state index in [9.17, 15) is 0 Å². The molecule has 1 atom stereocenters. The van der Waals surface area contributed by atoms with Gasteiger partial charge in [0.15, 0.2) is 0 Å². The molecular formula is C18H22IN. The van der Waals surface area contributed by atoms with Gasteiger partial charge in [-0.25, -0.2) is 0 Å². The Balaban J connectivity index is 2.21. The molecule has 2 heteroatoms. The predicted octanol–water partition coefficient (Wildman–Crippen LogP) is 5.80. The van der Waals surface area contributed by atoms with E-state index >= 15 is 0 Å². The molecule has 1 nitrogen and oxygen atoms in total. The van der Waals surface area contributed by atoms with Gasteiger partial charge in [0.1, 0.15) is 0 Å². The number of benzene rings is 2. The summed E-state index contributed by atoms with van der Waals surface area (Å²) in [7, 11) is 0. The molecule has 2 rings (SSSR count). The number of aryl methyl sites for hydroxylation is 1. The highest BCUT2D eigenvalue weighted by Crippen LogP contribution is 2.27. The second-order valence-electron chi connectivity index (χ2n) is 5.70. The summed E-state index contributed by atoms with van der Waals surface area (Å²) in [6.45, 7) is 6.70. The molecule has 106 valence electrons. The van der Waals surface area contributed by atoms with E-state index in [1.165, 1.54) is 20.4 Å². The summed E-state index contributed by atoms with van der Waals surface area (Å²) in [5, 5.41) is 3.69. The lowest BCUT2D eigenvalue weighted by molar-refractivity contribution is 0.531. The lowest BCUT2D eigenvalue weighted by Gasteiger charge is -2.22. The number of hydrogen-bond donors (Lipinski definition) is 1. The fourth-order valence-electron chi connectivity index (χ4n) is 2.32. The maximum atomic E-state index is 3.69. The van der Waals surface area contributed by atoms with Crippen molar-refractivity contribution in [2.24, 2.45) is 5.92 Å². The predicted molar refractivity (Wildman–Crippen MR) is 96.2 cm³/mol. The van der Waals surface area contributed by atoms with Gasteiger partial charge in [0.25, 0.3) is 0 Å². The third-order valence-corrected chi connectivity index (χ3v) is 4.58. The molecule has 0 heterocycles. The van der Waals surface area contributed by atoms with Crippen molar-refractivity contribution in [1.82, 2.24) is 0 Å². The number of hydrogen-bond acceptors (Lipinski definition) is 1. The molecule has 0 aliphatic carbocycles. The molecule has 0 amide bonds. The van der Waals surface area contributed by atoms with Crippen molar-refractivity contribution in [3.8, 4) is 0 Å². The van der Waals surface area contributed by atoms with Gasteiger partial charge in [-0.3, -0.25) is 0 Å².